The second-order valence-electron chi connectivity index (χ2n) is 5.50. The quantitative estimate of drug-likeness (QED) is 0.762. The fourth-order valence-electron chi connectivity index (χ4n) is 2.17. The average Bonchev–Trinajstić information content (AvgIpc) is 2.61. The van der Waals surface area contributed by atoms with Crippen LogP contribution in [0, 0.1) is 0 Å². The van der Waals surface area contributed by atoms with Crippen LogP contribution in [0.4, 0.5) is 5.69 Å². The molecule has 2 rings (SSSR count). The van der Waals surface area contributed by atoms with Gasteiger partial charge in [-0.25, -0.2) is 12.7 Å². The Kier molecular flexibility index (Phi) is 6.59. The Balaban J connectivity index is 2.10. The molecule has 8 heteroatoms. The number of ether oxygens (including phenoxy) is 2. The molecule has 26 heavy (non-hydrogen) atoms. The molecule has 0 saturated carbocycles. The Bertz CT molecular complexity index is 865. The normalized spacial score (nSPS) is 11.2. The number of para-hydroxylation sites is 3. The lowest BCUT2D eigenvalue weighted by Crippen LogP contribution is -2.26. The highest BCUT2D eigenvalue weighted by Gasteiger charge is 2.21. The molecule has 0 aliphatic heterocycles. The predicted molar refractivity (Wildman–Crippen MR) is 99.1 cm³/mol. The first-order valence-electron chi connectivity index (χ1n) is 8.02. The SMILES string of the molecule is CCOc1ccccc1OCC(=O)Nc1ccccc1S(=O)(=O)N(C)C. The van der Waals surface area contributed by atoms with Crippen molar-refractivity contribution in [3.8, 4) is 11.5 Å². The van der Waals surface area contributed by atoms with Gasteiger partial charge in [0.05, 0.1) is 12.3 Å². The smallest absolute Gasteiger partial charge is 0.262 e. The van der Waals surface area contributed by atoms with Gasteiger partial charge in [-0.3, -0.25) is 4.79 Å². The Morgan fingerprint density at radius 2 is 1.58 bits per heavy atom. The second kappa shape index (κ2) is 8.68. The van der Waals surface area contributed by atoms with Crippen LogP contribution >= 0.6 is 0 Å². The summed E-state index contributed by atoms with van der Waals surface area (Å²) in [5.74, 6) is 0.509. The van der Waals surface area contributed by atoms with E-state index in [1.165, 1.54) is 26.2 Å². The highest BCUT2D eigenvalue weighted by atomic mass is 32.2. The highest BCUT2D eigenvalue weighted by molar-refractivity contribution is 7.89. The summed E-state index contributed by atoms with van der Waals surface area (Å²) in [6.45, 7) is 2.05. The fraction of sp³-hybridized carbons (Fsp3) is 0.278. The van der Waals surface area contributed by atoms with Gasteiger partial charge in [-0.05, 0) is 31.2 Å². The molecule has 0 aliphatic carbocycles. The molecule has 140 valence electrons. The third-order valence-corrected chi connectivity index (χ3v) is 5.30. The van der Waals surface area contributed by atoms with E-state index < -0.39 is 15.9 Å². The number of amides is 1. The summed E-state index contributed by atoms with van der Waals surface area (Å²) in [7, 11) is -0.812. The van der Waals surface area contributed by atoms with Gasteiger partial charge in [0.2, 0.25) is 10.0 Å². The van der Waals surface area contributed by atoms with Gasteiger partial charge < -0.3 is 14.8 Å². The summed E-state index contributed by atoms with van der Waals surface area (Å²) in [5, 5.41) is 2.58. The summed E-state index contributed by atoms with van der Waals surface area (Å²) >= 11 is 0. The molecule has 0 heterocycles. The van der Waals surface area contributed by atoms with Crippen LogP contribution in [-0.4, -0.2) is 45.9 Å². The molecule has 0 aliphatic rings. The molecule has 0 unspecified atom stereocenters. The molecule has 0 spiro atoms. The average molecular weight is 378 g/mol. The first-order chi connectivity index (χ1) is 12.4. The number of benzene rings is 2. The largest absolute Gasteiger partial charge is 0.490 e. The Morgan fingerprint density at radius 1 is 1.00 bits per heavy atom. The van der Waals surface area contributed by atoms with Crippen LogP contribution in [0.25, 0.3) is 0 Å². The minimum absolute atomic E-state index is 0.0214. The van der Waals surface area contributed by atoms with Crippen molar-refractivity contribution in [3.05, 3.63) is 48.5 Å². The highest BCUT2D eigenvalue weighted by Crippen LogP contribution is 2.27. The maximum Gasteiger partial charge on any atom is 0.262 e. The Morgan fingerprint density at radius 3 is 2.19 bits per heavy atom. The third kappa shape index (κ3) is 4.74. The Hall–Kier alpha value is -2.58. The maximum atomic E-state index is 12.4. The first kappa shape index (κ1) is 19.7. The number of anilines is 1. The zero-order valence-corrected chi connectivity index (χ0v) is 15.7. The van der Waals surface area contributed by atoms with Gasteiger partial charge in [0, 0.05) is 14.1 Å². The summed E-state index contributed by atoms with van der Waals surface area (Å²) in [6.07, 6.45) is 0. The molecule has 0 bridgehead atoms. The van der Waals surface area contributed by atoms with Crippen LogP contribution in [-0.2, 0) is 14.8 Å². The van der Waals surface area contributed by atoms with E-state index in [0.717, 1.165) is 4.31 Å². The van der Waals surface area contributed by atoms with E-state index in [0.29, 0.717) is 18.1 Å². The number of nitrogens with zero attached hydrogens (tertiary/aromatic N) is 1. The van der Waals surface area contributed by atoms with Gasteiger partial charge in [0.25, 0.3) is 5.91 Å². The molecule has 1 N–H and O–H groups in total. The van der Waals surface area contributed by atoms with Crippen LogP contribution in [0.3, 0.4) is 0 Å². The lowest BCUT2D eigenvalue weighted by Gasteiger charge is -2.16. The van der Waals surface area contributed by atoms with Crippen molar-refractivity contribution in [1.82, 2.24) is 4.31 Å². The van der Waals surface area contributed by atoms with Gasteiger partial charge in [-0.15, -0.1) is 0 Å². The van der Waals surface area contributed by atoms with Gasteiger partial charge in [0.15, 0.2) is 18.1 Å². The number of carbonyl (C=O) groups excluding carboxylic acids is 1. The lowest BCUT2D eigenvalue weighted by molar-refractivity contribution is -0.118. The summed E-state index contributed by atoms with van der Waals surface area (Å²) < 4.78 is 36.7. The van der Waals surface area contributed by atoms with E-state index in [-0.39, 0.29) is 17.2 Å². The van der Waals surface area contributed by atoms with Crippen molar-refractivity contribution in [2.75, 3.05) is 32.6 Å². The monoisotopic (exact) mass is 378 g/mol. The molecule has 0 radical (unpaired) electrons. The molecule has 1 amide bonds. The zero-order valence-electron chi connectivity index (χ0n) is 14.9. The number of nitrogens with one attached hydrogen (secondary N) is 1. The van der Waals surface area contributed by atoms with Crippen molar-refractivity contribution in [2.24, 2.45) is 0 Å². The molecule has 7 nitrogen and oxygen atoms in total. The van der Waals surface area contributed by atoms with Gasteiger partial charge in [-0.2, -0.15) is 0 Å². The molecule has 2 aromatic carbocycles. The van der Waals surface area contributed by atoms with Gasteiger partial charge >= 0.3 is 0 Å². The van der Waals surface area contributed by atoms with Crippen LogP contribution in [0.1, 0.15) is 6.92 Å². The number of sulfonamides is 1. The van der Waals surface area contributed by atoms with Crippen molar-refractivity contribution < 1.29 is 22.7 Å². The fourth-order valence-corrected chi connectivity index (χ4v) is 3.21. The van der Waals surface area contributed by atoms with Crippen molar-refractivity contribution in [3.63, 3.8) is 0 Å². The minimum Gasteiger partial charge on any atom is -0.490 e. The molecule has 0 aromatic heterocycles. The van der Waals surface area contributed by atoms with E-state index in [4.69, 9.17) is 9.47 Å². The summed E-state index contributed by atoms with van der Waals surface area (Å²) in [5.41, 5.74) is 0.202. The van der Waals surface area contributed by atoms with Crippen LogP contribution in [0.15, 0.2) is 53.4 Å². The third-order valence-electron chi connectivity index (χ3n) is 3.43. The summed E-state index contributed by atoms with van der Waals surface area (Å²) in [4.78, 5) is 12.2. The van der Waals surface area contributed by atoms with Crippen molar-refractivity contribution in [2.45, 2.75) is 11.8 Å². The molecular formula is C18H22N2O5S. The maximum absolute atomic E-state index is 12.4. The van der Waals surface area contributed by atoms with Gasteiger partial charge in [-0.1, -0.05) is 24.3 Å². The molecular weight excluding hydrogens is 356 g/mol. The summed E-state index contributed by atoms with van der Waals surface area (Å²) in [6, 6.07) is 13.2. The molecule has 0 saturated heterocycles. The van der Waals surface area contributed by atoms with E-state index in [9.17, 15) is 13.2 Å². The van der Waals surface area contributed by atoms with Crippen LogP contribution in [0.5, 0.6) is 11.5 Å². The number of rotatable bonds is 8. The molecule has 0 fully saturated rings. The van der Waals surface area contributed by atoms with Crippen LogP contribution in [0.2, 0.25) is 0 Å². The standard InChI is InChI=1S/C18H22N2O5S/c1-4-24-15-10-6-7-11-16(15)25-13-18(21)19-14-9-5-8-12-17(14)26(22,23)20(2)3/h5-12H,4,13H2,1-3H3,(H,19,21). The van der Waals surface area contributed by atoms with Crippen LogP contribution < -0.4 is 14.8 Å². The topological polar surface area (TPSA) is 84.9 Å². The van der Waals surface area contributed by atoms with E-state index in [2.05, 4.69) is 5.32 Å². The Labute approximate surface area is 153 Å². The zero-order chi connectivity index (χ0) is 19.2. The molecule has 0 atom stereocenters. The lowest BCUT2D eigenvalue weighted by atomic mass is 10.3. The number of hydrogen-bond acceptors (Lipinski definition) is 5. The number of carbonyl (C=O) groups is 1. The minimum atomic E-state index is -3.68. The van der Waals surface area contributed by atoms with E-state index in [1.807, 2.05) is 6.92 Å². The molecule has 2 aromatic rings. The van der Waals surface area contributed by atoms with Crippen molar-refractivity contribution >= 4 is 21.6 Å². The van der Waals surface area contributed by atoms with Gasteiger partial charge in [0.1, 0.15) is 4.90 Å². The second-order valence-corrected chi connectivity index (χ2v) is 7.62. The van der Waals surface area contributed by atoms with E-state index in [1.54, 1.807) is 36.4 Å². The van der Waals surface area contributed by atoms with E-state index >= 15 is 0 Å². The number of hydrogen-bond donors (Lipinski definition) is 1. The predicted octanol–water partition coefficient (Wildman–Crippen LogP) is 2.35. The first-order valence-corrected chi connectivity index (χ1v) is 9.46. The van der Waals surface area contributed by atoms with Crippen molar-refractivity contribution in [1.29, 1.82) is 0 Å².